The van der Waals surface area contributed by atoms with Crippen molar-refractivity contribution in [3.8, 4) is 44.8 Å². The lowest BCUT2D eigenvalue weighted by Gasteiger charge is -2.27. The third-order valence-corrected chi connectivity index (χ3v) is 10.9. The van der Waals surface area contributed by atoms with Crippen molar-refractivity contribution in [1.29, 1.82) is 0 Å². The monoisotopic (exact) mass is 730 g/mol. The Kier molecular flexibility index (Phi) is 7.78. The van der Waals surface area contributed by atoms with Crippen molar-refractivity contribution in [2.75, 3.05) is 4.90 Å². The quantitative estimate of drug-likeness (QED) is 0.164. The average molecular weight is 731 g/mol. The predicted molar refractivity (Wildman–Crippen MR) is 235 cm³/mol. The number of hydrogen-bond donors (Lipinski definition) is 0. The lowest BCUT2D eigenvalue weighted by molar-refractivity contribution is 0.620. The Balaban J connectivity index is 1.22. The van der Waals surface area contributed by atoms with Gasteiger partial charge in [-0.1, -0.05) is 152 Å². The van der Waals surface area contributed by atoms with Crippen LogP contribution in [0.4, 0.5) is 17.1 Å². The molecule has 0 aliphatic heterocycles. The summed E-state index contributed by atoms with van der Waals surface area (Å²) in [6.45, 7) is 0. The van der Waals surface area contributed by atoms with Crippen LogP contribution >= 0.6 is 0 Å². The van der Waals surface area contributed by atoms with E-state index in [0.29, 0.717) is 11.5 Å². The Morgan fingerprint density at radius 3 is 1.77 bits per heavy atom. The second-order valence-electron chi connectivity index (χ2n) is 14.3. The van der Waals surface area contributed by atoms with Crippen LogP contribution in [0.3, 0.4) is 0 Å². The zero-order chi connectivity index (χ0) is 37.7. The highest BCUT2D eigenvalue weighted by molar-refractivity contribution is 6.20. The maximum Gasteiger partial charge on any atom is 0.227 e. The van der Waals surface area contributed by atoms with Crippen molar-refractivity contribution in [2.24, 2.45) is 0 Å². The highest BCUT2D eigenvalue weighted by atomic mass is 16.4. The normalized spacial score (nSPS) is 11.5. The van der Waals surface area contributed by atoms with Crippen molar-refractivity contribution in [3.63, 3.8) is 0 Å². The summed E-state index contributed by atoms with van der Waals surface area (Å²) in [6.07, 6.45) is 0. The van der Waals surface area contributed by atoms with Crippen molar-refractivity contribution in [3.05, 3.63) is 206 Å². The van der Waals surface area contributed by atoms with E-state index in [1.165, 1.54) is 10.8 Å². The lowest BCUT2D eigenvalue weighted by atomic mass is 9.92. The second-order valence-corrected chi connectivity index (χ2v) is 14.3. The molecule has 0 amide bonds. The Bertz CT molecular complexity index is 3220. The van der Waals surface area contributed by atoms with Gasteiger partial charge in [0.05, 0.1) is 5.39 Å². The van der Waals surface area contributed by atoms with Gasteiger partial charge >= 0.3 is 0 Å². The molecule has 0 unspecified atom stereocenters. The third-order valence-electron chi connectivity index (χ3n) is 10.9. The summed E-state index contributed by atoms with van der Waals surface area (Å²) in [5.41, 5.74) is 13.5. The number of anilines is 3. The molecular formula is C53H34N2O2. The third kappa shape index (κ3) is 5.74. The number of para-hydroxylation sites is 1. The summed E-state index contributed by atoms with van der Waals surface area (Å²) in [7, 11) is 0. The first-order chi connectivity index (χ1) is 28.2. The molecule has 0 aliphatic rings. The van der Waals surface area contributed by atoms with Crippen LogP contribution in [0.5, 0.6) is 0 Å². The molecule has 0 saturated carbocycles. The molecule has 0 atom stereocenters. The fourth-order valence-corrected chi connectivity index (χ4v) is 8.14. The largest absolute Gasteiger partial charge is 0.456 e. The summed E-state index contributed by atoms with van der Waals surface area (Å²) in [5, 5.41) is 4.36. The number of furan rings is 1. The summed E-state index contributed by atoms with van der Waals surface area (Å²) in [4.78, 5) is 7.40. The number of oxazole rings is 1. The molecule has 0 saturated heterocycles. The molecule has 268 valence electrons. The molecular weight excluding hydrogens is 697 g/mol. The van der Waals surface area contributed by atoms with E-state index in [1.807, 2.05) is 54.6 Å². The van der Waals surface area contributed by atoms with Gasteiger partial charge in [-0.2, -0.15) is 0 Å². The van der Waals surface area contributed by atoms with Gasteiger partial charge in [0, 0.05) is 28.4 Å². The van der Waals surface area contributed by atoms with E-state index < -0.39 is 0 Å². The lowest BCUT2D eigenvalue weighted by Crippen LogP contribution is -2.11. The molecule has 2 aromatic heterocycles. The maximum absolute atomic E-state index is 6.89. The van der Waals surface area contributed by atoms with Crippen LogP contribution in [0.1, 0.15) is 0 Å². The van der Waals surface area contributed by atoms with E-state index in [9.17, 15) is 0 Å². The van der Waals surface area contributed by atoms with E-state index in [0.717, 1.165) is 83.5 Å². The van der Waals surface area contributed by atoms with Crippen LogP contribution in [0, 0.1) is 0 Å². The van der Waals surface area contributed by atoms with Crippen molar-refractivity contribution in [2.45, 2.75) is 0 Å². The molecule has 11 aromatic rings. The Labute approximate surface area is 329 Å². The minimum absolute atomic E-state index is 0.555. The second kappa shape index (κ2) is 13.6. The van der Waals surface area contributed by atoms with Crippen molar-refractivity contribution < 1.29 is 8.83 Å². The maximum atomic E-state index is 6.89. The summed E-state index contributed by atoms with van der Waals surface area (Å²) >= 11 is 0. The molecule has 4 nitrogen and oxygen atoms in total. The Morgan fingerprint density at radius 1 is 0.386 bits per heavy atom. The first kappa shape index (κ1) is 32.7. The number of hydrogen-bond acceptors (Lipinski definition) is 4. The van der Waals surface area contributed by atoms with Gasteiger partial charge in [0.15, 0.2) is 5.58 Å². The van der Waals surface area contributed by atoms with Crippen molar-refractivity contribution in [1.82, 2.24) is 4.98 Å². The molecule has 0 aliphatic carbocycles. The van der Waals surface area contributed by atoms with E-state index >= 15 is 0 Å². The van der Waals surface area contributed by atoms with Crippen LogP contribution in [-0.2, 0) is 0 Å². The van der Waals surface area contributed by atoms with E-state index in [4.69, 9.17) is 13.8 Å². The SMILES string of the molecule is c1ccc(-c2ccc(N(c3ccc(-c4ccccc4)c(-c4ccc5ccccc5c4)c3)c3c4oc(-c5ccccc5)nc4cc4oc5ccccc5c34)cc2)cc1. The van der Waals surface area contributed by atoms with Crippen LogP contribution in [0.25, 0.3) is 88.6 Å². The number of benzene rings is 9. The smallest absolute Gasteiger partial charge is 0.227 e. The topological polar surface area (TPSA) is 42.4 Å². The highest BCUT2D eigenvalue weighted by Gasteiger charge is 2.27. The van der Waals surface area contributed by atoms with Gasteiger partial charge < -0.3 is 13.7 Å². The fraction of sp³-hybridized carbons (Fsp3) is 0. The minimum Gasteiger partial charge on any atom is -0.456 e. The van der Waals surface area contributed by atoms with Crippen molar-refractivity contribution >= 4 is 60.9 Å². The minimum atomic E-state index is 0.555. The van der Waals surface area contributed by atoms with Gasteiger partial charge in [-0.3, -0.25) is 0 Å². The molecule has 0 fully saturated rings. The number of rotatable bonds is 7. The molecule has 0 spiro atoms. The number of aromatic nitrogens is 1. The van der Waals surface area contributed by atoms with Gasteiger partial charge in [-0.25, -0.2) is 4.98 Å². The van der Waals surface area contributed by atoms with E-state index in [-0.39, 0.29) is 0 Å². The average Bonchev–Trinajstić information content (AvgIpc) is 3.89. The van der Waals surface area contributed by atoms with E-state index in [2.05, 4.69) is 157 Å². The molecule has 11 rings (SSSR count). The van der Waals surface area contributed by atoms with Gasteiger partial charge in [0.25, 0.3) is 0 Å². The molecule has 2 heterocycles. The van der Waals surface area contributed by atoms with Gasteiger partial charge in [-0.15, -0.1) is 0 Å². The van der Waals surface area contributed by atoms with Gasteiger partial charge in [0.1, 0.15) is 22.4 Å². The predicted octanol–water partition coefficient (Wildman–Crippen LogP) is 15.0. The molecule has 9 aromatic carbocycles. The van der Waals surface area contributed by atoms with E-state index in [1.54, 1.807) is 0 Å². The first-order valence-corrected chi connectivity index (χ1v) is 19.2. The zero-order valence-electron chi connectivity index (χ0n) is 30.8. The summed E-state index contributed by atoms with van der Waals surface area (Å²) in [6, 6.07) is 72.3. The van der Waals surface area contributed by atoms with Gasteiger partial charge in [-0.05, 0) is 92.7 Å². The van der Waals surface area contributed by atoms with Crippen LogP contribution in [-0.4, -0.2) is 4.98 Å². The number of nitrogens with zero attached hydrogens (tertiary/aromatic N) is 2. The highest BCUT2D eigenvalue weighted by Crippen LogP contribution is 2.49. The summed E-state index contributed by atoms with van der Waals surface area (Å²) < 4.78 is 13.5. The van der Waals surface area contributed by atoms with Crippen LogP contribution in [0.2, 0.25) is 0 Å². The molecule has 57 heavy (non-hydrogen) atoms. The molecule has 4 heteroatoms. The number of fused-ring (bicyclic) bond motifs is 5. The first-order valence-electron chi connectivity index (χ1n) is 19.2. The Morgan fingerprint density at radius 2 is 1.00 bits per heavy atom. The Hall–Kier alpha value is -7.69. The van der Waals surface area contributed by atoms with Crippen LogP contribution < -0.4 is 4.90 Å². The fourth-order valence-electron chi connectivity index (χ4n) is 8.14. The molecule has 0 radical (unpaired) electrons. The molecule has 0 bridgehead atoms. The van der Waals surface area contributed by atoms with Crippen LogP contribution in [0.15, 0.2) is 215 Å². The molecule has 0 N–H and O–H groups in total. The summed E-state index contributed by atoms with van der Waals surface area (Å²) in [5.74, 6) is 0.555. The zero-order valence-corrected chi connectivity index (χ0v) is 30.8. The standard InChI is InChI=1S/C53H34N2O2/c1-4-14-35(15-5-1)37-26-28-42(29-27-37)55(43-30-31-44(38-17-6-2-7-18-38)46(33-43)41-25-24-36-16-10-11-21-40(36)32-41)51-50-45-22-12-13-23-48(45)56-49(50)34-47-52(51)57-53(54-47)39-19-8-3-9-20-39/h1-34H. The van der Waals surface area contributed by atoms with Gasteiger partial charge in [0.2, 0.25) is 5.89 Å².